The third kappa shape index (κ3) is 3.16. The predicted octanol–water partition coefficient (Wildman–Crippen LogP) is 3.28. The monoisotopic (exact) mass is 263 g/mol. The summed E-state index contributed by atoms with van der Waals surface area (Å²) >= 11 is 0. The van der Waals surface area contributed by atoms with E-state index in [4.69, 9.17) is 0 Å². The van der Waals surface area contributed by atoms with Crippen LogP contribution >= 0.6 is 0 Å². The topological polar surface area (TPSA) is 49.3 Å². The second-order valence-corrected chi connectivity index (χ2v) is 6.28. The molecular weight excluding hydrogens is 238 g/mol. The zero-order chi connectivity index (χ0) is 14.8. The van der Waals surface area contributed by atoms with E-state index in [9.17, 15) is 9.90 Å². The fourth-order valence-electron chi connectivity index (χ4n) is 1.93. The molecule has 0 atom stereocenters. The van der Waals surface area contributed by atoms with E-state index in [1.807, 2.05) is 19.9 Å². The predicted molar refractivity (Wildman–Crippen MR) is 78.3 cm³/mol. The molecule has 0 saturated heterocycles. The van der Waals surface area contributed by atoms with E-state index in [2.05, 4.69) is 31.3 Å². The molecule has 0 aliphatic heterocycles. The highest BCUT2D eigenvalue weighted by Crippen LogP contribution is 2.31. The second kappa shape index (κ2) is 5.33. The Labute approximate surface area is 116 Å². The lowest BCUT2D eigenvalue weighted by atomic mass is 9.74. The van der Waals surface area contributed by atoms with E-state index in [0.717, 1.165) is 0 Å². The minimum atomic E-state index is -0.830. The van der Waals surface area contributed by atoms with Gasteiger partial charge in [-0.25, -0.2) is 0 Å². The first kappa shape index (κ1) is 15.7. The Morgan fingerprint density at radius 2 is 1.63 bits per heavy atom. The lowest BCUT2D eigenvalue weighted by Crippen LogP contribution is -2.54. The number of carboxylic acid groups (broad SMARTS) is 1. The standard InChI is InChI=1S/C16H25NO2/c1-11-8-7-9-12(2)13(11)10-17-16(5,6)15(3,4)14(18)19/h7-9,17H,10H2,1-6H3,(H,18,19). The molecule has 0 unspecified atom stereocenters. The molecule has 2 N–H and O–H groups in total. The summed E-state index contributed by atoms with van der Waals surface area (Å²) in [4.78, 5) is 11.4. The molecule has 0 spiro atoms. The molecule has 0 heterocycles. The Morgan fingerprint density at radius 1 is 1.16 bits per heavy atom. The van der Waals surface area contributed by atoms with Crippen LogP contribution in [0.1, 0.15) is 44.4 Å². The van der Waals surface area contributed by atoms with Crippen LogP contribution in [-0.2, 0) is 11.3 Å². The fourth-order valence-corrected chi connectivity index (χ4v) is 1.93. The van der Waals surface area contributed by atoms with Gasteiger partial charge in [0, 0.05) is 12.1 Å². The van der Waals surface area contributed by atoms with Crippen LogP contribution in [0.15, 0.2) is 18.2 Å². The average Bonchev–Trinajstić information content (AvgIpc) is 2.27. The molecule has 0 aliphatic carbocycles. The van der Waals surface area contributed by atoms with Crippen LogP contribution < -0.4 is 5.32 Å². The van der Waals surface area contributed by atoms with Gasteiger partial charge in [-0.3, -0.25) is 4.79 Å². The summed E-state index contributed by atoms with van der Waals surface area (Å²) < 4.78 is 0. The number of rotatable bonds is 5. The van der Waals surface area contributed by atoms with Crippen LogP contribution in [0.2, 0.25) is 0 Å². The number of hydrogen-bond donors (Lipinski definition) is 2. The maximum absolute atomic E-state index is 11.4. The van der Waals surface area contributed by atoms with Crippen LogP contribution in [-0.4, -0.2) is 16.6 Å². The molecule has 1 rings (SSSR count). The van der Waals surface area contributed by atoms with Crippen molar-refractivity contribution >= 4 is 5.97 Å². The average molecular weight is 263 g/mol. The van der Waals surface area contributed by atoms with Gasteiger partial charge in [0.2, 0.25) is 0 Å². The van der Waals surface area contributed by atoms with Gasteiger partial charge < -0.3 is 10.4 Å². The number of carbonyl (C=O) groups is 1. The molecule has 0 saturated carbocycles. The van der Waals surface area contributed by atoms with Crippen molar-refractivity contribution in [2.75, 3.05) is 0 Å². The molecular formula is C16H25NO2. The molecule has 3 nitrogen and oxygen atoms in total. The summed E-state index contributed by atoms with van der Waals surface area (Å²) in [6.45, 7) is 12.2. The van der Waals surface area contributed by atoms with E-state index in [1.165, 1.54) is 16.7 Å². The minimum Gasteiger partial charge on any atom is -0.481 e. The van der Waals surface area contributed by atoms with Crippen LogP contribution in [0.25, 0.3) is 0 Å². The Morgan fingerprint density at radius 3 is 2.05 bits per heavy atom. The van der Waals surface area contributed by atoms with Crippen LogP contribution in [0.3, 0.4) is 0 Å². The number of benzene rings is 1. The minimum absolute atomic E-state index is 0.493. The molecule has 0 aromatic heterocycles. The number of hydrogen-bond acceptors (Lipinski definition) is 2. The van der Waals surface area contributed by atoms with Gasteiger partial charge in [-0.1, -0.05) is 18.2 Å². The molecule has 0 aliphatic rings. The van der Waals surface area contributed by atoms with Crippen molar-refractivity contribution in [1.82, 2.24) is 5.32 Å². The normalized spacial score (nSPS) is 12.5. The number of carboxylic acids is 1. The van der Waals surface area contributed by atoms with Gasteiger partial charge >= 0.3 is 5.97 Å². The van der Waals surface area contributed by atoms with Crippen LogP contribution in [0, 0.1) is 19.3 Å². The van der Waals surface area contributed by atoms with Crippen LogP contribution in [0.4, 0.5) is 0 Å². The molecule has 19 heavy (non-hydrogen) atoms. The summed E-state index contributed by atoms with van der Waals surface area (Å²) in [7, 11) is 0. The molecule has 0 amide bonds. The molecule has 3 heteroatoms. The summed E-state index contributed by atoms with van der Waals surface area (Å²) in [6.07, 6.45) is 0. The zero-order valence-corrected chi connectivity index (χ0v) is 12.8. The Kier molecular flexibility index (Phi) is 4.41. The third-order valence-electron chi connectivity index (χ3n) is 4.45. The summed E-state index contributed by atoms with van der Waals surface area (Å²) in [5.74, 6) is -0.786. The lowest BCUT2D eigenvalue weighted by Gasteiger charge is -2.39. The molecule has 0 radical (unpaired) electrons. The van der Waals surface area contributed by atoms with E-state index in [1.54, 1.807) is 13.8 Å². The van der Waals surface area contributed by atoms with Gasteiger partial charge in [-0.2, -0.15) is 0 Å². The number of aliphatic carboxylic acids is 1. The molecule has 1 aromatic carbocycles. The highest BCUT2D eigenvalue weighted by molar-refractivity contribution is 5.75. The van der Waals surface area contributed by atoms with Crippen molar-refractivity contribution in [1.29, 1.82) is 0 Å². The SMILES string of the molecule is Cc1cccc(C)c1CNC(C)(C)C(C)(C)C(=O)O. The first-order chi connectivity index (χ1) is 8.59. The molecule has 1 aromatic rings. The smallest absolute Gasteiger partial charge is 0.310 e. The Balaban J connectivity index is 2.90. The number of aryl methyl sites for hydroxylation is 2. The highest BCUT2D eigenvalue weighted by atomic mass is 16.4. The van der Waals surface area contributed by atoms with Crippen molar-refractivity contribution in [2.24, 2.45) is 5.41 Å². The van der Waals surface area contributed by atoms with Gasteiger partial charge in [0.1, 0.15) is 0 Å². The molecule has 106 valence electrons. The van der Waals surface area contributed by atoms with Crippen molar-refractivity contribution < 1.29 is 9.90 Å². The second-order valence-electron chi connectivity index (χ2n) is 6.28. The quantitative estimate of drug-likeness (QED) is 0.857. The van der Waals surface area contributed by atoms with Gasteiger partial charge in [0.15, 0.2) is 0 Å². The molecule has 0 fully saturated rings. The van der Waals surface area contributed by atoms with Crippen molar-refractivity contribution in [2.45, 2.75) is 53.6 Å². The van der Waals surface area contributed by atoms with E-state index < -0.39 is 16.9 Å². The number of nitrogens with one attached hydrogen (secondary N) is 1. The largest absolute Gasteiger partial charge is 0.481 e. The van der Waals surface area contributed by atoms with Gasteiger partial charge in [0.05, 0.1) is 5.41 Å². The Bertz CT molecular complexity index is 455. The summed E-state index contributed by atoms with van der Waals surface area (Å²) in [5.41, 5.74) is 2.39. The van der Waals surface area contributed by atoms with E-state index in [0.29, 0.717) is 6.54 Å². The maximum atomic E-state index is 11.4. The fraction of sp³-hybridized carbons (Fsp3) is 0.562. The van der Waals surface area contributed by atoms with Gasteiger partial charge in [-0.05, 0) is 58.2 Å². The summed E-state index contributed by atoms with van der Waals surface area (Å²) in [5, 5.41) is 12.7. The Hall–Kier alpha value is -1.35. The van der Waals surface area contributed by atoms with Gasteiger partial charge in [-0.15, -0.1) is 0 Å². The first-order valence-electron chi connectivity index (χ1n) is 6.63. The van der Waals surface area contributed by atoms with Crippen molar-refractivity contribution in [3.05, 3.63) is 34.9 Å². The van der Waals surface area contributed by atoms with Crippen LogP contribution in [0.5, 0.6) is 0 Å². The van der Waals surface area contributed by atoms with Crippen molar-refractivity contribution in [3.63, 3.8) is 0 Å². The van der Waals surface area contributed by atoms with E-state index >= 15 is 0 Å². The first-order valence-corrected chi connectivity index (χ1v) is 6.63. The van der Waals surface area contributed by atoms with Crippen molar-refractivity contribution in [3.8, 4) is 0 Å². The van der Waals surface area contributed by atoms with E-state index in [-0.39, 0.29) is 0 Å². The highest BCUT2D eigenvalue weighted by Gasteiger charge is 2.43. The zero-order valence-electron chi connectivity index (χ0n) is 12.8. The summed E-state index contributed by atoms with van der Waals surface area (Å²) in [6, 6.07) is 6.21. The lowest BCUT2D eigenvalue weighted by molar-refractivity contribution is -0.151. The third-order valence-corrected chi connectivity index (χ3v) is 4.45. The molecule has 0 bridgehead atoms. The maximum Gasteiger partial charge on any atom is 0.310 e. The van der Waals surface area contributed by atoms with Gasteiger partial charge in [0.25, 0.3) is 0 Å².